The van der Waals surface area contributed by atoms with Gasteiger partial charge in [-0.25, -0.2) is 4.98 Å². The lowest BCUT2D eigenvalue weighted by atomic mass is 10.1. The van der Waals surface area contributed by atoms with Crippen molar-refractivity contribution in [3.63, 3.8) is 0 Å². The highest BCUT2D eigenvalue weighted by molar-refractivity contribution is 6.31. The highest BCUT2D eigenvalue weighted by atomic mass is 35.5. The number of benzene rings is 1. The van der Waals surface area contributed by atoms with Crippen LogP contribution >= 0.6 is 11.6 Å². The smallest absolute Gasteiger partial charge is 0.214 e. The molecule has 112 valence electrons. The molecule has 4 heteroatoms. The molecule has 2 rings (SSSR count). The summed E-state index contributed by atoms with van der Waals surface area (Å²) in [6.45, 7) is 5.75. The van der Waals surface area contributed by atoms with E-state index in [1.165, 1.54) is 0 Å². The summed E-state index contributed by atoms with van der Waals surface area (Å²) in [6.07, 6.45) is 1.04. The van der Waals surface area contributed by atoms with Crippen molar-refractivity contribution in [1.82, 2.24) is 10.3 Å². The van der Waals surface area contributed by atoms with Crippen LogP contribution in [0.4, 0.5) is 0 Å². The van der Waals surface area contributed by atoms with Crippen LogP contribution in [0.2, 0.25) is 5.02 Å². The molecule has 1 aromatic heterocycles. The first-order valence-electron chi connectivity index (χ1n) is 7.28. The van der Waals surface area contributed by atoms with Gasteiger partial charge in [0.15, 0.2) is 0 Å². The lowest BCUT2D eigenvalue weighted by molar-refractivity contribution is 0.217. The van der Waals surface area contributed by atoms with Crippen LogP contribution in [0.25, 0.3) is 0 Å². The van der Waals surface area contributed by atoms with Crippen LogP contribution in [0.3, 0.4) is 0 Å². The molecule has 2 aromatic rings. The molecule has 0 saturated carbocycles. The summed E-state index contributed by atoms with van der Waals surface area (Å²) < 4.78 is 5.90. The summed E-state index contributed by atoms with van der Waals surface area (Å²) in [4.78, 5) is 4.49. The summed E-state index contributed by atoms with van der Waals surface area (Å²) in [5.74, 6) is 0.601. The van der Waals surface area contributed by atoms with E-state index in [1.54, 1.807) is 0 Å². The Hall–Kier alpha value is -1.58. The average Bonchev–Trinajstić information content (AvgIpc) is 2.51. The number of pyridine rings is 1. The Kier molecular flexibility index (Phi) is 6.03. The summed E-state index contributed by atoms with van der Waals surface area (Å²) >= 11 is 6.17. The number of halogens is 1. The van der Waals surface area contributed by atoms with E-state index >= 15 is 0 Å². The maximum Gasteiger partial charge on any atom is 0.214 e. The van der Waals surface area contributed by atoms with Gasteiger partial charge in [0.25, 0.3) is 0 Å². The van der Waals surface area contributed by atoms with Gasteiger partial charge in [-0.1, -0.05) is 48.9 Å². The fourth-order valence-electron chi connectivity index (χ4n) is 2.01. The minimum Gasteiger partial charge on any atom is -0.470 e. The first-order chi connectivity index (χ1) is 10.2. The summed E-state index contributed by atoms with van der Waals surface area (Å²) in [5, 5.41) is 3.97. The minimum absolute atomic E-state index is 0.0451. The highest BCUT2D eigenvalue weighted by Gasteiger charge is 2.10. The first-order valence-corrected chi connectivity index (χ1v) is 7.66. The van der Waals surface area contributed by atoms with Crippen LogP contribution < -0.4 is 10.1 Å². The van der Waals surface area contributed by atoms with E-state index in [2.05, 4.69) is 17.2 Å². The third-order valence-electron chi connectivity index (χ3n) is 3.18. The van der Waals surface area contributed by atoms with Crippen molar-refractivity contribution in [3.8, 4) is 5.88 Å². The molecule has 1 unspecified atom stereocenters. The number of nitrogens with zero attached hydrogens (tertiary/aromatic N) is 1. The van der Waals surface area contributed by atoms with Gasteiger partial charge in [0.2, 0.25) is 5.88 Å². The molecule has 0 spiro atoms. The van der Waals surface area contributed by atoms with E-state index in [0.29, 0.717) is 17.4 Å². The van der Waals surface area contributed by atoms with Crippen molar-refractivity contribution in [2.75, 3.05) is 6.54 Å². The van der Waals surface area contributed by atoms with Crippen LogP contribution in [0.15, 0.2) is 42.5 Å². The molecule has 1 aromatic carbocycles. The van der Waals surface area contributed by atoms with Crippen molar-refractivity contribution in [3.05, 3.63) is 58.7 Å². The van der Waals surface area contributed by atoms with Gasteiger partial charge in [0.05, 0.1) is 10.7 Å². The molecule has 0 aliphatic rings. The normalized spacial score (nSPS) is 12.1. The molecular formula is C17H21ClN2O. The molecule has 21 heavy (non-hydrogen) atoms. The zero-order chi connectivity index (χ0) is 15.1. The largest absolute Gasteiger partial charge is 0.470 e. The molecule has 0 radical (unpaired) electrons. The Morgan fingerprint density at radius 3 is 2.67 bits per heavy atom. The predicted octanol–water partition coefficient (Wildman–Crippen LogP) is 4.37. The Bertz CT molecular complexity index is 560. The molecule has 0 amide bonds. The number of hydrogen-bond acceptors (Lipinski definition) is 3. The van der Waals surface area contributed by atoms with Crippen molar-refractivity contribution in [2.24, 2.45) is 0 Å². The van der Waals surface area contributed by atoms with Gasteiger partial charge in [-0.15, -0.1) is 0 Å². The predicted molar refractivity (Wildman–Crippen MR) is 86.7 cm³/mol. The molecule has 0 aliphatic carbocycles. The molecule has 0 saturated heterocycles. The second kappa shape index (κ2) is 8.01. The topological polar surface area (TPSA) is 34.2 Å². The lowest BCUT2D eigenvalue weighted by Gasteiger charge is -2.15. The number of aromatic nitrogens is 1. The number of hydrogen-bond donors (Lipinski definition) is 1. The van der Waals surface area contributed by atoms with Gasteiger partial charge in [-0.2, -0.15) is 0 Å². The lowest BCUT2D eigenvalue weighted by Crippen LogP contribution is -2.15. The van der Waals surface area contributed by atoms with E-state index < -0.39 is 0 Å². The minimum atomic E-state index is -0.0451. The van der Waals surface area contributed by atoms with Gasteiger partial charge in [-0.05, 0) is 31.5 Å². The second-order valence-electron chi connectivity index (χ2n) is 4.93. The molecule has 1 N–H and O–H groups in total. The van der Waals surface area contributed by atoms with Gasteiger partial charge >= 0.3 is 0 Å². The Morgan fingerprint density at radius 1 is 1.19 bits per heavy atom. The van der Waals surface area contributed by atoms with Gasteiger partial charge in [-0.3, -0.25) is 0 Å². The average molecular weight is 305 g/mol. The number of ether oxygens (including phenoxy) is 1. The fourth-order valence-corrected chi connectivity index (χ4v) is 2.18. The Balaban J connectivity index is 2.04. The highest BCUT2D eigenvalue weighted by Crippen LogP contribution is 2.23. The van der Waals surface area contributed by atoms with Crippen LogP contribution in [0.5, 0.6) is 5.88 Å². The van der Waals surface area contributed by atoms with Gasteiger partial charge < -0.3 is 10.1 Å². The molecule has 0 bridgehead atoms. The molecule has 0 aliphatic heterocycles. The first kappa shape index (κ1) is 15.8. The summed E-state index contributed by atoms with van der Waals surface area (Å²) in [6, 6.07) is 13.7. The molecular weight excluding hydrogens is 284 g/mol. The maximum absolute atomic E-state index is 6.17. The maximum atomic E-state index is 6.17. The van der Waals surface area contributed by atoms with Gasteiger partial charge in [0, 0.05) is 12.6 Å². The van der Waals surface area contributed by atoms with E-state index in [0.717, 1.165) is 24.2 Å². The molecule has 0 fully saturated rings. The standard InChI is InChI=1S/C17H21ClN2O/c1-3-11-19-12-16-15(18)9-10-17(20-16)21-13(2)14-7-5-4-6-8-14/h4-10,13,19H,3,11-12H2,1-2H3. The van der Waals surface area contributed by atoms with Crippen molar-refractivity contribution in [1.29, 1.82) is 0 Å². The van der Waals surface area contributed by atoms with Crippen LogP contribution in [-0.2, 0) is 6.54 Å². The Labute approximate surface area is 131 Å². The van der Waals surface area contributed by atoms with Crippen molar-refractivity contribution < 1.29 is 4.74 Å². The third-order valence-corrected chi connectivity index (χ3v) is 3.52. The zero-order valence-corrected chi connectivity index (χ0v) is 13.2. The van der Waals surface area contributed by atoms with Gasteiger partial charge in [0.1, 0.15) is 6.10 Å². The monoisotopic (exact) mass is 304 g/mol. The van der Waals surface area contributed by atoms with E-state index in [9.17, 15) is 0 Å². The van der Waals surface area contributed by atoms with E-state index in [1.807, 2.05) is 49.4 Å². The third kappa shape index (κ3) is 4.73. The van der Waals surface area contributed by atoms with E-state index in [4.69, 9.17) is 16.3 Å². The number of rotatable bonds is 7. The van der Waals surface area contributed by atoms with Crippen molar-refractivity contribution >= 4 is 11.6 Å². The summed E-state index contributed by atoms with van der Waals surface area (Å²) in [5.41, 5.74) is 1.95. The molecule has 1 atom stereocenters. The number of nitrogens with one attached hydrogen (secondary N) is 1. The quantitative estimate of drug-likeness (QED) is 0.771. The van der Waals surface area contributed by atoms with Crippen molar-refractivity contribution in [2.45, 2.75) is 32.9 Å². The second-order valence-corrected chi connectivity index (χ2v) is 5.33. The Morgan fingerprint density at radius 2 is 1.95 bits per heavy atom. The van der Waals surface area contributed by atoms with Crippen LogP contribution in [-0.4, -0.2) is 11.5 Å². The van der Waals surface area contributed by atoms with Crippen LogP contribution in [0.1, 0.15) is 37.6 Å². The van der Waals surface area contributed by atoms with Crippen LogP contribution in [0, 0.1) is 0 Å². The fraction of sp³-hybridized carbons (Fsp3) is 0.353. The zero-order valence-electron chi connectivity index (χ0n) is 12.5. The summed E-state index contributed by atoms with van der Waals surface area (Å²) in [7, 11) is 0. The molecule has 3 nitrogen and oxygen atoms in total. The van der Waals surface area contributed by atoms with E-state index in [-0.39, 0.29) is 6.10 Å². The molecule has 1 heterocycles. The SMILES string of the molecule is CCCNCc1nc(OC(C)c2ccccc2)ccc1Cl.